The van der Waals surface area contributed by atoms with Gasteiger partial charge in [-0.25, -0.2) is 0 Å². The fourth-order valence-corrected chi connectivity index (χ4v) is 2.85. The number of benzene rings is 3. The number of nitrogens with zero attached hydrogens (tertiary/aromatic N) is 1. The minimum Gasteiger partial charge on any atom is -0.495 e. The van der Waals surface area contributed by atoms with Crippen LogP contribution in [0.5, 0.6) is 11.5 Å². The van der Waals surface area contributed by atoms with Crippen LogP contribution < -0.4 is 20.1 Å². The lowest BCUT2D eigenvalue weighted by atomic mass is 10.2. The summed E-state index contributed by atoms with van der Waals surface area (Å²) in [6.07, 6.45) is 0. The van der Waals surface area contributed by atoms with Crippen molar-refractivity contribution in [3.8, 4) is 11.5 Å². The Balaban J connectivity index is 1.58. The lowest BCUT2D eigenvalue weighted by molar-refractivity contribution is -0.384. The van der Waals surface area contributed by atoms with Crippen LogP contribution >= 0.6 is 0 Å². The van der Waals surface area contributed by atoms with Gasteiger partial charge in [-0.15, -0.1) is 0 Å². The summed E-state index contributed by atoms with van der Waals surface area (Å²) in [7, 11) is 1.43. The molecule has 8 heteroatoms. The first-order chi connectivity index (χ1) is 15.0. The number of hydrogen-bond donors (Lipinski definition) is 2. The minimum absolute atomic E-state index is 0.136. The summed E-state index contributed by atoms with van der Waals surface area (Å²) in [5, 5.41) is 16.8. The molecule has 2 N–H and O–H groups in total. The molecule has 0 aromatic heterocycles. The molecule has 0 fully saturated rings. The topological polar surface area (TPSA) is 103 Å². The Hall–Kier alpha value is -4.07. The van der Waals surface area contributed by atoms with E-state index in [9.17, 15) is 14.9 Å². The van der Waals surface area contributed by atoms with Crippen LogP contribution in [0, 0.1) is 10.1 Å². The van der Waals surface area contributed by atoms with Gasteiger partial charge in [-0.3, -0.25) is 14.9 Å². The number of nitro benzene ring substituents is 1. The second-order valence-electron chi connectivity index (χ2n) is 6.80. The van der Waals surface area contributed by atoms with Crippen LogP contribution in [0.4, 0.5) is 17.1 Å². The Kier molecular flexibility index (Phi) is 7.05. The average molecular weight is 421 g/mol. The number of carbonyl (C=O) groups is 1. The Morgan fingerprint density at radius 2 is 1.77 bits per heavy atom. The fraction of sp³-hybridized carbons (Fsp3) is 0.174. The number of nitro groups is 1. The van der Waals surface area contributed by atoms with E-state index in [0.29, 0.717) is 18.1 Å². The summed E-state index contributed by atoms with van der Waals surface area (Å²) in [5.74, 6) is 0.696. The minimum atomic E-state index is -0.597. The SMILES string of the molecule is COc1ccc([N+](=O)[O-])cc1NC(=O)[C@@H](C)Nc1ccc(OCc2ccccc2)cc1. The standard InChI is InChI=1S/C23H23N3O5/c1-16(23(27)25-21-14-19(26(28)29)10-13-22(21)30-2)24-18-8-11-20(12-9-18)31-15-17-6-4-3-5-7-17/h3-14,16,24H,15H2,1-2H3,(H,25,27)/t16-/m1/s1. The van der Waals surface area contributed by atoms with Crippen molar-refractivity contribution in [2.75, 3.05) is 17.7 Å². The van der Waals surface area contributed by atoms with E-state index >= 15 is 0 Å². The number of anilines is 2. The molecule has 0 saturated carbocycles. The zero-order chi connectivity index (χ0) is 22.2. The highest BCUT2D eigenvalue weighted by molar-refractivity contribution is 5.97. The van der Waals surface area contributed by atoms with E-state index in [-0.39, 0.29) is 17.3 Å². The Morgan fingerprint density at radius 1 is 1.06 bits per heavy atom. The molecule has 0 radical (unpaired) electrons. The molecular weight excluding hydrogens is 398 g/mol. The zero-order valence-corrected chi connectivity index (χ0v) is 17.2. The molecule has 0 saturated heterocycles. The molecule has 0 bridgehead atoms. The van der Waals surface area contributed by atoms with Crippen LogP contribution in [0.25, 0.3) is 0 Å². The molecule has 0 aliphatic rings. The third-order valence-electron chi connectivity index (χ3n) is 4.53. The van der Waals surface area contributed by atoms with Crippen LogP contribution in [0.3, 0.4) is 0 Å². The molecule has 160 valence electrons. The highest BCUT2D eigenvalue weighted by Gasteiger charge is 2.17. The Bertz CT molecular complexity index is 1040. The van der Waals surface area contributed by atoms with Gasteiger partial charge < -0.3 is 20.1 Å². The molecule has 1 amide bonds. The first-order valence-electron chi connectivity index (χ1n) is 9.63. The molecule has 31 heavy (non-hydrogen) atoms. The van der Waals surface area contributed by atoms with Gasteiger partial charge in [0.25, 0.3) is 5.69 Å². The number of carbonyl (C=O) groups excluding carboxylic acids is 1. The van der Waals surface area contributed by atoms with Crippen LogP contribution in [-0.2, 0) is 11.4 Å². The van der Waals surface area contributed by atoms with Crippen molar-refractivity contribution in [1.29, 1.82) is 0 Å². The van der Waals surface area contributed by atoms with E-state index in [1.54, 1.807) is 6.92 Å². The van der Waals surface area contributed by atoms with Crippen molar-refractivity contribution < 1.29 is 19.2 Å². The van der Waals surface area contributed by atoms with Crippen LogP contribution in [0.2, 0.25) is 0 Å². The molecule has 1 atom stereocenters. The van der Waals surface area contributed by atoms with Gasteiger partial charge in [0.15, 0.2) is 0 Å². The van der Waals surface area contributed by atoms with Crippen LogP contribution in [0.15, 0.2) is 72.8 Å². The number of ether oxygens (including phenoxy) is 2. The number of nitrogens with one attached hydrogen (secondary N) is 2. The number of hydrogen-bond acceptors (Lipinski definition) is 6. The summed E-state index contributed by atoms with van der Waals surface area (Å²) in [5.41, 5.74) is 1.91. The molecule has 0 unspecified atom stereocenters. The molecule has 3 rings (SSSR count). The van der Waals surface area contributed by atoms with Gasteiger partial charge >= 0.3 is 0 Å². The Labute approximate surface area is 180 Å². The van der Waals surface area contributed by atoms with E-state index in [4.69, 9.17) is 9.47 Å². The van der Waals surface area contributed by atoms with E-state index in [0.717, 1.165) is 11.3 Å². The molecule has 0 heterocycles. The number of rotatable bonds is 9. The molecule has 0 aliphatic carbocycles. The van der Waals surface area contributed by atoms with Gasteiger partial charge in [-0.2, -0.15) is 0 Å². The van der Waals surface area contributed by atoms with Gasteiger partial charge in [0.1, 0.15) is 24.1 Å². The number of methoxy groups -OCH3 is 1. The maximum Gasteiger partial charge on any atom is 0.271 e. The fourth-order valence-electron chi connectivity index (χ4n) is 2.85. The quantitative estimate of drug-likeness (QED) is 0.386. The van der Waals surface area contributed by atoms with Crippen molar-refractivity contribution in [2.45, 2.75) is 19.6 Å². The van der Waals surface area contributed by atoms with Crippen molar-refractivity contribution in [1.82, 2.24) is 0 Å². The normalized spacial score (nSPS) is 11.3. The predicted octanol–water partition coefficient (Wildman–Crippen LogP) is 4.62. The van der Waals surface area contributed by atoms with E-state index in [2.05, 4.69) is 10.6 Å². The van der Waals surface area contributed by atoms with Crippen LogP contribution in [-0.4, -0.2) is 24.0 Å². The molecule has 3 aromatic carbocycles. The van der Waals surface area contributed by atoms with Gasteiger partial charge in [0, 0.05) is 17.8 Å². The number of amides is 1. The molecule has 0 spiro atoms. The van der Waals surface area contributed by atoms with Gasteiger partial charge in [0.05, 0.1) is 17.7 Å². The lowest BCUT2D eigenvalue weighted by Crippen LogP contribution is -2.32. The summed E-state index contributed by atoms with van der Waals surface area (Å²) in [6.45, 7) is 2.16. The van der Waals surface area contributed by atoms with Gasteiger partial charge in [0.2, 0.25) is 5.91 Å². The molecule has 0 aliphatic heterocycles. The van der Waals surface area contributed by atoms with E-state index in [1.807, 2.05) is 54.6 Å². The third kappa shape index (κ3) is 5.96. The number of non-ortho nitro benzene ring substituents is 1. The summed E-state index contributed by atoms with van der Waals surface area (Å²) in [6, 6.07) is 20.6. The van der Waals surface area contributed by atoms with Crippen molar-refractivity contribution in [2.24, 2.45) is 0 Å². The lowest BCUT2D eigenvalue weighted by Gasteiger charge is -2.17. The Morgan fingerprint density at radius 3 is 2.42 bits per heavy atom. The summed E-state index contributed by atoms with van der Waals surface area (Å²) in [4.78, 5) is 23.0. The molecule has 8 nitrogen and oxygen atoms in total. The smallest absolute Gasteiger partial charge is 0.271 e. The summed E-state index contributed by atoms with van der Waals surface area (Å²) < 4.78 is 10.9. The highest BCUT2D eigenvalue weighted by Crippen LogP contribution is 2.29. The summed E-state index contributed by atoms with van der Waals surface area (Å²) >= 11 is 0. The van der Waals surface area contributed by atoms with Crippen molar-refractivity contribution >= 4 is 23.0 Å². The first kappa shape index (κ1) is 21.6. The molecular formula is C23H23N3O5. The van der Waals surface area contributed by atoms with E-state index in [1.165, 1.54) is 25.3 Å². The zero-order valence-electron chi connectivity index (χ0n) is 17.2. The van der Waals surface area contributed by atoms with Crippen molar-refractivity contribution in [3.63, 3.8) is 0 Å². The monoisotopic (exact) mass is 421 g/mol. The van der Waals surface area contributed by atoms with Gasteiger partial charge in [-0.05, 0) is 42.8 Å². The maximum atomic E-state index is 12.6. The largest absolute Gasteiger partial charge is 0.495 e. The van der Waals surface area contributed by atoms with Crippen LogP contribution in [0.1, 0.15) is 12.5 Å². The third-order valence-corrected chi connectivity index (χ3v) is 4.53. The van der Waals surface area contributed by atoms with E-state index < -0.39 is 11.0 Å². The van der Waals surface area contributed by atoms with Crippen molar-refractivity contribution in [3.05, 3.63) is 88.5 Å². The second-order valence-corrected chi connectivity index (χ2v) is 6.80. The maximum absolute atomic E-state index is 12.6. The predicted molar refractivity (Wildman–Crippen MR) is 119 cm³/mol. The molecule has 3 aromatic rings. The van der Waals surface area contributed by atoms with Gasteiger partial charge in [-0.1, -0.05) is 30.3 Å². The first-order valence-corrected chi connectivity index (χ1v) is 9.63. The highest BCUT2D eigenvalue weighted by atomic mass is 16.6. The second kappa shape index (κ2) is 10.1. The average Bonchev–Trinajstić information content (AvgIpc) is 2.79.